The van der Waals surface area contributed by atoms with Crippen LogP contribution in [0.1, 0.15) is 5.56 Å². The molecule has 0 amide bonds. The molecule has 2 rings (SSSR count). The van der Waals surface area contributed by atoms with Crippen molar-refractivity contribution in [3.05, 3.63) is 23.8 Å². The van der Waals surface area contributed by atoms with Crippen LogP contribution in [0.4, 0.5) is 13.2 Å². The van der Waals surface area contributed by atoms with Gasteiger partial charge in [0.15, 0.2) is 5.16 Å². The number of rotatable bonds is 1. The molecule has 0 spiro atoms. The van der Waals surface area contributed by atoms with Crippen LogP contribution in [0.5, 0.6) is 0 Å². The van der Waals surface area contributed by atoms with Gasteiger partial charge in [-0.25, -0.2) is 4.98 Å². The van der Waals surface area contributed by atoms with E-state index in [1.54, 1.807) is 12.1 Å². The van der Waals surface area contributed by atoms with E-state index in [9.17, 15) is 13.2 Å². The third-order valence-electron chi connectivity index (χ3n) is 1.83. The van der Waals surface area contributed by atoms with Crippen LogP contribution in [0.2, 0.25) is 0 Å². The molecule has 0 fully saturated rings. The minimum absolute atomic E-state index is 0.122. The highest BCUT2D eigenvalue weighted by molar-refractivity contribution is 8.00. The van der Waals surface area contributed by atoms with Crippen LogP contribution in [-0.4, -0.2) is 15.5 Å². The maximum Gasteiger partial charge on any atom is 0.449 e. The van der Waals surface area contributed by atoms with Crippen molar-refractivity contribution >= 4 is 22.8 Å². The van der Waals surface area contributed by atoms with E-state index < -0.39 is 5.51 Å². The third kappa shape index (κ3) is 2.44. The number of hydrogen-bond donors (Lipinski definition) is 1. The predicted molar refractivity (Wildman–Crippen MR) is 52.7 cm³/mol. The smallest absolute Gasteiger partial charge is 0.333 e. The molecule has 6 heteroatoms. The predicted octanol–water partition coefficient (Wildman–Crippen LogP) is 3.48. The average molecular weight is 232 g/mol. The van der Waals surface area contributed by atoms with Crippen LogP contribution in [0, 0.1) is 6.92 Å². The van der Waals surface area contributed by atoms with Crippen LogP contribution in [-0.2, 0) is 0 Å². The lowest BCUT2D eigenvalue weighted by Gasteiger charge is -2.00. The lowest BCUT2D eigenvalue weighted by Crippen LogP contribution is -1.99. The van der Waals surface area contributed by atoms with E-state index in [-0.39, 0.29) is 16.9 Å². The monoisotopic (exact) mass is 232 g/mol. The first-order valence-electron chi connectivity index (χ1n) is 4.16. The van der Waals surface area contributed by atoms with E-state index >= 15 is 0 Å². The molecule has 15 heavy (non-hydrogen) atoms. The molecule has 0 aliphatic carbocycles. The van der Waals surface area contributed by atoms with E-state index in [4.69, 9.17) is 0 Å². The number of H-pyrrole nitrogens is 1. The molecule has 0 aliphatic heterocycles. The van der Waals surface area contributed by atoms with E-state index in [1.807, 2.05) is 13.0 Å². The topological polar surface area (TPSA) is 28.7 Å². The zero-order chi connectivity index (χ0) is 11.1. The van der Waals surface area contributed by atoms with Gasteiger partial charge in [0.05, 0.1) is 11.0 Å². The number of alkyl halides is 3. The van der Waals surface area contributed by atoms with Gasteiger partial charge in [-0.05, 0) is 24.6 Å². The van der Waals surface area contributed by atoms with Gasteiger partial charge in [-0.2, -0.15) is 13.2 Å². The van der Waals surface area contributed by atoms with Crippen LogP contribution in [0.25, 0.3) is 11.0 Å². The van der Waals surface area contributed by atoms with Crippen molar-refractivity contribution in [3.8, 4) is 0 Å². The van der Waals surface area contributed by atoms with Crippen molar-refractivity contribution in [3.63, 3.8) is 0 Å². The van der Waals surface area contributed by atoms with Gasteiger partial charge in [0.1, 0.15) is 0 Å². The second-order valence-electron chi connectivity index (χ2n) is 3.11. The molecule has 0 saturated carbocycles. The van der Waals surface area contributed by atoms with Crippen molar-refractivity contribution in [1.82, 2.24) is 9.97 Å². The zero-order valence-electron chi connectivity index (χ0n) is 7.72. The number of hydrogen-bond acceptors (Lipinski definition) is 2. The fourth-order valence-corrected chi connectivity index (χ4v) is 1.78. The molecule has 0 bridgehead atoms. The number of halogens is 3. The van der Waals surface area contributed by atoms with E-state index in [1.165, 1.54) is 0 Å². The third-order valence-corrected chi connectivity index (χ3v) is 2.45. The Morgan fingerprint density at radius 2 is 2.07 bits per heavy atom. The number of aryl methyl sites for hydroxylation is 1. The van der Waals surface area contributed by atoms with Gasteiger partial charge in [0, 0.05) is 11.8 Å². The number of nitrogens with one attached hydrogen (secondary N) is 1. The Labute approximate surface area is 87.9 Å². The highest BCUT2D eigenvalue weighted by atomic mass is 32.2. The summed E-state index contributed by atoms with van der Waals surface area (Å²) >= 11 is -0.234. The fourth-order valence-electron chi connectivity index (χ4n) is 1.26. The van der Waals surface area contributed by atoms with Gasteiger partial charge in [-0.1, -0.05) is 6.07 Å². The summed E-state index contributed by atoms with van der Waals surface area (Å²) in [5.41, 5.74) is -2.15. The van der Waals surface area contributed by atoms with Gasteiger partial charge in [-0.3, -0.25) is 0 Å². The molecular weight excluding hydrogens is 225 g/mol. The highest BCUT2D eigenvalue weighted by Crippen LogP contribution is 2.35. The minimum atomic E-state index is -4.30. The average Bonchev–Trinajstić information content (AvgIpc) is 2.42. The lowest BCUT2D eigenvalue weighted by molar-refractivity contribution is -0.0330. The summed E-state index contributed by atoms with van der Waals surface area (Å²) in [6.07, 6.45) is 0. The highest BCUT2D eigenvalue weighted by Gasteiger charge is 2.31. The number of thioether (sulfide) groups is 1. The molecular formula is C9H7F3N2S. The van der Waals surface area contributed by atoms with Crippen LogP contribution < -0.4 is 0 Å². The maximum atomic E-state index is 12.1. The molecule has 2 aromatic rings. The first-order chi connectivity index (χ1) is 6.94. The van der Waals surface area contributed by atoms with Crippen molar-refractivity contribution in [2.24, 2.45) is 0 Å². The Morgan fingerprint density at radius 3 is 2.73 bits per heavy atom. The SMILES string of the molecule is Cc1ccc2nc(SC(F)(F)F)[nH]c2c1. The minimum Gasteiger partial charge on any atom is -0.333 e. The summed E-state index contributed by atoms with van der Waals surface area (Å²) in [5, 5.41) is -0.122. The molecule has 1 heterocycles. The Kier molecular flexibility index (Phi) is 2.38. The van der Waals surface area contributed by atoms with Gasteiger partial charge < -0.3 is 4.98 Å². The molecule has 0 radical (unpaired) electrons. The number of aromatic amines is 1. The summed E-state index contributed by atoms with van der Waals surface area (Å²) in [6.45, 7) is 1.87. The number of fused-ring (bicyclic) bond motifs is 1. The largest absolute Gasteiger partial charge is 0.449 e. The van der Waals surface area contributed by atoms with E-state index in [0.29, 0.717) is 11.0 Å². The first-order valence-corrected chi connectivity index (χ1v) is 4.98. The van der Waals surface area contributed by atoms with Gasteiger partial charge >= 0.3 is 5.51 Å². The molecule has 0 aliphatic rings. The van der Waals surface area contributed by atoms with Gasteiger partial charge in [0.2, 0.25) is 0 Å². The van der Waals surface area contributed by atoms with Crippen molar-refractivity contribution in [2.75, 3.05) is 0 Å². The molecule has 1 N–H and O–H groups in total. The zero-order valence-corrected chi connectivity index (χ0v) is 8.54. The van der Waals surface area contributed by atoms with Crippen LogP contribution >= 0.6 is 11.8 Å². The Balaban J connectivity index is 2.39. The molecule has 0 unspecified atom stereocenters. The second kappa shape index (κ2) is 3.44. The number of aromatic nitrogens is 2. The molecule has 1 aromatic carbocycles. The van der Waals surface area contributed by atoms with E-state index in [0.717, 1.165) is 5.56 Å². The van der Waals surface area contributed by atoms with Crippen molar-refractivity contribution in [1.29, 1.82) is 0 Å². The standard InChI is InChI=1S/C9H7F3N2S/c1-5-2-3-6-7(4-5)14-8(13-6)15-9(10,11)12/h2-4H,1H3,(H,13,14). The quantitative estimate of drug-likeness (QED) is 0.762. The summed E-state index contributed by atoms with van der Waals surface area (Å²) in [5.74, 6) is 0. The maximum absolute atomic E-state index is 12.1. The molecule has 0 atom stereocenters. The Morgan fingerprint density at radius 1 is 1.33 bits per heavy atom. The second-order valence-corrected chi connectivity index (χ2v) is 4.16. The fraction of sp³-hybridized carbons (Fsp3) is 0.222. The molecule has 0 saturated heterocycles. The Bertz CT molecular complexity index is 490. The molecule has 1 aromatic heterocycles. The summed E-state index contributed by atoms with van der Waals surface area (Å²) in [6, 6.07) is 5.27. The summed E-state index contributed by atoms with van der Waals surface area (Å²) in [4.78, 5) is 6.45. The normalized spacial score (nSPS) is 12.3. The summed E-state index contributed by atoms with van der Waals surface area (Å²) in [7, 11) is 0. The number of nitrogens with zero attached hydrogens (tertiary/aromatic N) is 1. The van der Waals surface area contributed by atoms with Crippen molar-refractivity contribution < 1.29 is 13.2 Å². The molecule has 80 valence electrons. The first kappa shape index (κ1) is 10.4. The molecule has 2 nitrogen and oxygen atoms in total. The van der Waals surface area contributed by atoms with Gasteiger partial charge in [-0.15, -0.1) is 0 Å². The van der Waals surface area contributed by atoms with E-state index in [2.05, 4.69) is 9.97 Å². The number of benzene rings is 1. The lowest BCUT2D eigenvalue weighted by atomic mass is 10.2. The van der Waals surface area contributed by atoms with Crippen LogP contribution in [0.3, 0.4) is 0 Å². The van der Waals surface area contributed by atoms with Crippen LogP contribution in [0.15, 0.2) is 23.4 Å². The van der Waals surface area contributed by atoms with Crippen molar-refractivity contribution in [2.45, 2.75) is 17.6 Å². The Hall–Kier alpha value is -1.17. The van der Waals surface area contributed by atoms with Gasteiger partial charge in [0.25, 0.3) is 0 Å². The number of imidazole rings is 1. The summed E-state index contributed by atoms with van der Waals surface area (Å²) < 4.78 is 36.2.